The molecule has 92 valence electrons. The van der Waals surface area contributed by atoms with Crippen molar-refractivity contribution in [1.29, 1.82) is 0 Å². The second-order valence-electron chi connectivity index (χ2n) is 5.23. The molecule has 0 aliphatic rings. The van der Waals surface area contributed by atoms with Crippen LogP contribution in [0, 0.1) is 13.8 Å². The van der Waals surface area contributed by atoms with Gasteiger partial charge in [-0.3, -0.25) is 0 Å². The molecule has 2 nitrogen and oxygen atoms in total. The first-order valence-corrected chi connectivity index (χ1v) is 7.01. The van der Waals surface area contributed by atoms with E-state index in [4.69, 9.17) is 9.97 Å². The van der Waals surface area contributed by atoms with E-state index in [0.29, 0.717) is 11.8 Å². The highest BCUT2D eigenvalue weighted by Gasteiger charge is 2.19. The van der Waals surface area contributed by atoms with Crippen LogP contribution in [0.5, 0.6) is 0 Å². The smallest absolute Gasteiger partial charge is 0.103 e. The Kier molecular flexibility index (Phi) is 3.21. The number of hydrogen-bond donors (Lipinski definition) is 0. The van der Waals surface area contributed by atoms with E-state index < -0.39 is 0 Å². The fourth-order valence-electron chi connectivity index (χ4n) is 1.94. The molecule has 0 saturated carbocycles. The Hall–Kier alpha value is -0.960. The SMILES string of the molecule is Cc1nc2c(C(C)C)sc(C(C)C)c2nc1C. The minimum Gasteiger partial charge on any atom is -0.248 e. The number of thiophene rings is 1. The first-order valence-electron chi connectivity index (χ1n) is 6.19. The van der Waals surface area contributed by atoms with Gasteiger partial charge in [0.2, 0.25) is 0 Å². The van der Waals surface area contributed by atoms with E-state index in [1.165, 1.54) is 9.75 Å². The zero-order valence-electron chi connectivity index (χ0n) is 11.5. The van der Waals surface area contributed by atoms with Crippen LogP contribution >= 0.6 is 11.3 Å². The summed E-state index contributed by atoms with van der Waals surface area (Å²) < 4.78 is 0. The summed E-state index contributed by atoms with van der Waals surface area (Å²) in [4.78, 5) is 12.2. The first-order chi connectivity index (χ1) is 7.91. The molecule has 0 saturated heterocycles. The maximum Gasteiger partial charge on any atom is 0.103 e. The van der Waals surface area contributed by atoms with Crippen LogP contribution in [0.4, 0.5) is 0 Å². The van der Waals surface area contributed by atoms with Crippen LogP contribution in [-0.2, 0) is 0 Å². The third kappa shape index (κ3) is 2.08. The standard InChI is InChI=1S/C14H20N2S/c1-7(2)13-11-12(14(17-13)8(3)4)16-10(6)9(5)15-11/h7-8H,1-6H3. The van der Waals surface area contributed by atoms with Gasteiger partial charge in [0.05, 0.1) is 11.4 Å². The van der Waals surface area contributed by atoms with Gasteiger partial charge in [0.15, 0.2) is 0 Å². The number of rotatable bonds is 2. The topological polar surface area (TPSA) is 25.8 Å². The highest BCUT2D eigenvalue weighted by Crippen LogP contribution is 2.38. The van der Waals surface area contributed by atoms with Gasteiger partial charge in [-0.25, -0.2) is 9.97 Å². The van der Waals surface area contributed by atoms with Crippen LogP contribution in [0.15, 0.2) is 0 Å². The Balaban J connectivity index is 2.81. The second-order valence-corrected chi connectivity index (χ2v) is 6.32. The molecule has 0 unspecified atom stereocenters. The van der Waals surface area contributed by atoms with Crippen LogP contribution in [0.1, 0.15) is 60.7 Å². The van der Waals surface area contributed by atoms with Gasteiger partial charge in [0.1, 0.15) is 11.0 Å². The zero-order valence-corrected chi connectivity index (χ0v) is 12.3. The fraction of sp³-hybridized carbons (Fsp3) is 0.571. The zero-order chi connectivity index (χ0) is 12.7. The minimum atomic E-state index is 0.520. The first kappa shape index (κ1) is 12.5. The molecule has 17 heavy (non-hydrogen) atoms. The van der Waals surface area contributed by atoms with Gasteiger partial charge in [0.25, 0.3) is 0 Å². The highest BCUT2D eigenvalue weighted by molar-refractivity contribution is 7.13. The predicted octanol–water partition coefficient (Wildman–Crippen LogP) is 4.55. The average Bonchev–Trinajstić information content (AvgIpc) is 2.57. The van der Waals surface area contributed by atoms with Gasteiger partial charge in [0, 0.05) is 9.75 Å². The van der Waals surface area contributed by atoms with Crippen molar-refractivity contribution < 1.29 is 0 Å². The normalized spacial score (nSPS) is 12.0. The Labute approximate surface area is 107 Å². The molecule has 3 heteroatoms. The molecule has 0 bridgehead atoms. The maximum atomic E-state index is 4.75. The lowest BCUT2D eigenvalue weighted by molar-refractivity contribution is 0.891. The number of nitrogens with zero attached hydrogens (tertiary/aromatic N) is 2. The van der Waals surface area contributed by atoms with E-state index >= 15 is 0 Å². The Morgan fingerprint density at radius 1 is 0.765 bits per heavy atom. The van der Waals surface area contributed by atoms with Gasteiger partial charge in [-0.2, -0.15) is 0 Å². The van der Waals surface area contributed by atoms with Crippen molar-refractivity contribution >= 4 is 22.4 Å². The molecule has 0 fully saturated rings. The van der Waals surface area contributed by atoms with Crippen molar-refractivity contribution in [2.24, 2.45) is 0 Å². The molecular formula is C14H20N2S. The molecule has 0 aliphatic heterocycles. The van der Waals surface area contributed by atoms with Crippen molar-refractivity contribution in [1.82, 2.24) is 9.97 Å². The predicted molar refractivity (Wildman–Crippen MR) is 75.1 cm³/mol. The van der Waals surface area contributed by atoms with Crippen LogP contribution in [0.3, 0.4) is 0 Å². The van der Waals surface area contributed by atoms with Gasteiger partial charge < -0.3 is 0 Å². The van der Waals surface area contributed by atoms with Gasteiger partial charge >= 0.3 is 0 Å². The summed E-state index contributed by atoms with van der Waals surface area (Å²) in [5.74, 6) is 1.04. The van der Waals surface area contributed by atoms with Crippen LogP contribution in [0.25, 0.3) is 11.0 Å². The van der Waals surface area contributed by atoms with Crippen molar-refractivity contribution in [2.45, 2.75) is 53.4 Å². The van der Waals surface area contributed by atoms with E-state index in [0.717, 1.165) is 22.4 Å². The molecule has 0 amide bonds. The van der Waals surface area contributed by atoms with Crippen molar-refractivity contribution in [3.8, 4) is 0 Å². The second kappa shape index (κ2) is 4.37. The molecule has 0 aromatic carbocycles. The van der Waals surface area contributed by atoms with E-state index in [1.54, 1.807) is 0 Å². The Bertz CT molecular complexity index is 505. The molecule has 2 rings (SSSR count). The third-order valence-corrected chi connectivity index (χ3v) is 4.81. The Morgan fingerprint density at radius 2 is 1.12 bits per heavy atom. The molecular weight excluding hydrogens is 228 g/mol. The van der Waals surface area contributed by atoms with E-state index in [1.807, 2.05) is 25.2 Å². The molecule has 2 heterocycles. The maximum absolute atomic E-state index is 4.75. The van der Waals surface area contributed by atoms with Gasteiger partial charge in [-0.1, -0.05) is 27.7 Å². The quantitative estimate of drug-likeness (QED) is 0.779. The summed E-state index contributed by atoms with van der Waals surface area (Å²) in [7, 11) is 0. The van der Waals surface area contributed by atoms with Crippen LogP contribution in [-0.4, -0.2) is 9.97 Å². The summed E-state index contributed by atoms with van der Waals surface area (Å²) >= 11 is 1.88. The summed E-state index contributed by atoms with van der Waals surface area (Å²) in [5, 5.41) is 0. The molecule has 0 radical (unpaired) electrons. The van der Waals surface area contributed by atoms with E-state index in [-0.39, 0.29) is 0 Å². The van der Waals surface area contributed by atoms with Crippen molar-refractivity contribution in [2.75, 3.05) is 0 Å². The lowest BCUT2D eigenvalue weighted by Crippen LogP contribution is -1.95. The van der Waals surface area contributed by atoms with Crippen molar-refractivity contribution in [3.05, 3.63) is 21.1 Å². The molecule has 2 aromatic rings. The number of aromatic nitrogens is 2. The average molecular weight is 248 g/mol. The Morgan fingerprint density at radius 3 is 1.41 bits per heavy atom. The van der Waals surface area contributed by atoms with Crippen molar-refractivity contribution in [3.63, 3.8) is 0 Å². The number of fused-ring (bicyclic) bond motifs is 1. The summed E-state index contributed by atoms with van der Waals surface area (Å²) in [6.45, 7) is 13.0. The van der Waals surface area contributed by atoms with Gasteiger partial charge in [-0.05, 0) is 25.7 Å². The highest BCUT2D eigenvalue weighted by atomic mass is 32.1. The van der Waals surface area contributed by atoms with Gasteiger partial charge in [-0.15, -0.1) is 11.3 Å². The lowest BCUT2D eigenvalue weighted by Gasteiger charge is -2.04. The molecule has 0 N–H and O–H groups in total. The lowest BCUT2D eigenvalue weighted by atomic mass is 10.1. The largest absolute Gasteiger partial charge is 0.248 e. The summed E-state index contributed by atoms with van der Waals surface area (Å²) in [6.07, 6.45) is 0. The van der Waals surface area contributed by atoms with E-state index in [2.05, 4.69) is 27.7 Å². The molecule has 2 aromatic heterocycles. The molecule has 0 aliphatic carbocycles. The molecule has 0 atom stereocenters. The minimum absolute atomic E-state index is 0.520. The fourth-order valence-corrected chi connectivity index (χ4v) is 3.13. The van der Waals surface area contributed by atoms with Crippen LogP contribution < -0.4 is 0 Å². The number of aryl methyl sites for hydroxylation is 2. The summed E-state index contributed by atoms with van der Waals surface area (Å²) in [5.41, 5.74) is 4.34. The number of hydrogen-bond acceptors (Lipinski definition) is 3. The monoisotopic (exact) mass is 248 g/mol. The van der Waals surface area contributed by atoms with Crippen LogP contribution in [0.2, 0.25) is 0 Å². The third-order valence-electron chi connectivity index (χ3n) is 3.04. The molecule has 0 spiro atoms. The summed E-state index contributed by atoms with van der Waals surface area (Å²) in [6, 6.07) is 0. The van der Waals surface area contributed by atoms with E-state index in [9.17, 15) is 0 Å².